The van der Waals surface area contributed by atoms with Gasteiger partial charge in [0.2, 0.25) is 0 Å². The molecule has 0 spiro atoms. The van der Waals surface area contributed by atoms with Crippen molar-refractivity contribution < 1.29 is 4.79 Å². The molecule has 0 radical (unpaired) electrons. The Morgan fingerprint density at radius 3 is 2.67 bits per heavy atom. The van der Waals surface area contributed by atoms with Crippen LogP contribution < -0.4 is 5.32 Å². The molecule has 2 aromatic rings. The summed E-state index contributed by atoms with van der Waals surface area (Å²) in [6, 6.07) is 12.7. The average Bonchev–Trinajstić information content (AvgIpc) is 2.34. The fourth-order valence-electron chi connectivity index (χ4n) is 1.61. The highest BCUT2D eigenvalue weighted by Gasteiger charge is 2.10. The van der Waals surface area contributed by atoms with E-state index in [4.69, 9.17) is 11.6 Å². The third-order valence-corrected chi connectivity index (χ3v) is 3.49. The molecule has 18 heavy (non-hydrogen) atoms. The van der Waals surface area contributed by atoms with Crippen molar-refractivity contribution in [2.24, 2.45) is 0 Å². The van der Waals surface area contributed by atoms with Gasteiger partial charge >= 0.3 is 0 Å². The molecule has 0 aliphatic rings. The molecular formula is C14H11BrClNO. The number of halogens is 2. The van der Waals surface area contributed by atoms with Crippen LogP contribution in [0.1, 0.15) is 15.9 Å². The Bertz CT molecular complexity index is 598. The van der Waals surface area contributed by atoms with Crippen LogP contribution in [0, 0.1) is 6.92 Å². The topological polar surface area (TPSA) is 29.1 Å². The molecule has 1 amide bonds. The van der Waals surface area contributed by atoms with Gasteiger partial charge < -0.3 is 5.32 Å². The van der Waals surface area contributed by atoms with Crippen molar-refractivity contribution >= 4 is 39.1 Å². The molecule has 1 N–H and O–H groups in total. The van der Waals surface area contributed by atoms with Crippen molar-refractivity contribution in [3.63, 3.8) is 0 Å². The van der Waals surface area contributed by atoms with E-state index in [2.05, 4.69) is 21.2 Å². The zero-order valence-electron chi connectivity index (χ0n) is 9.71. The fourth-order valence-corrected chi connectivity index (χ4v) is 2.13. The molecule has 0 heterocycles. The number of nitrogens with one attached hydrogen (secondary N) is 1. The Balaban J connectivity index is 2.27. The van der Waals surface area contributed by atoms with Crippen LogP contribution in [0.4, 0.5) is 5.69 Å². The second-order valence-electron chi connectivity index (χ2n) is 3.89. The number of anilines is 1. The third-order valence-electron chi connectivity index (χ3n) is 2.57. The molecule has 2 nitrogen and oxygen atoms in total. The van der Waals surface area contributed by atoms with Gasteiger partial charge in [0.1, 0.15) is 0 Å². The normalized spacial score (nSPS) is 10.2. The Morgan fingerprint density at radius 1 is 1.22 bits per heavy atom. The lowest BCUT2D eigenvalue weighted by Crippen LogP contribution is -2.13. The summed E-state index contributed by atoms with van der Waals surface area (Å²) in [6.45, 7) is 1.90. The van der Waals surface area contributed by atoms with Crippen LogP contribution in [0.5, 0.6) is 0 Å². The van der Waals surface area contributed by atoms with Gasteiger partial charge in [0, 0.05) is 15.1 Å². The van der Waals surface area contributed by atoms with Crippen molar-refractivity contribution in [3.8, 4) is 0 Å². The smallest absolute Gasteiger partial charge is 0.255 e. The summed E-state index contributed by atoms with van der Waals surface area (Å²) in [7, 11) is 0. The van der Waals surface area contributed by atoms with Crippen LogP contribution in [0.2, 0.25) is 5.02 Å². The first-order chi connectivity index (χ1) is 8.58. The number of rotatable bonds is 2. The summed E-state index contributed by atoms with van der Waals surface area (Å²) >= 11 is 9.28. The van der Waals surface area contributed by atoms with E-state index in [0.29, 0.717) is 16.3 Å². The van der Waals surface area contributed by atoms with E-state index >= 15 is 0 Å². The molecule has 0 unspecified atom stereocenters. The van der Waals surface area contributed by atoms with Gasteiger partial charge in [-0.05, 0) is 52.7 Å². The van der Waals surface area contributed by atoms with Gasteiger partial charge in [-0.2, -0.15) is 0 Å². The van der Waals surface area contributed by atoms with Crippen molar-refractivity contribution in [2.45, 2.75) is 6.92 Å². The minimum Gasteiger partial charge on any atom is -0.321 e. The Labute approximate surface area is 119 Å². The molecule has 0 atom stereocenters. The number of benzene rings is 2. The third kappa shape index (κ3) is 2.92. The molecule has 0 aromatic heterocycles. The van der Waals surface area contributed by atoms with Crippen LogP contribution in [-0.2, 0) is 0 Å². The minimum atomic E-state index is -0.143. The molecule has 0 aliphatic heterocycles. The van der Waals surface area contributed by atoms with Gasteiger partial charge in [0.15, 0.2) is 0 Å². The van der Waals surface area contributed by atoms with Crippen LogP contribution in [0.3, 0.4) is 0 Å². The van der Waals surface area contributed by atoms with E-state index in [1.807, 2.05) is 25.1 Å². The maximum Gasteiger partial charge on any atom is 0.255 e. The number of amides is 1. The van der Waals surface area contributed by atoms with Gasteiger partial charge in [-0.25, -0.2) is 0 Å². The van der Waals surface area contributed by atoms with Crippen LogP contribution >= 0.6 is 27.5 Å². The first-order valence-electron chi connectivity index (χ1n) is 5.40. The Hall–Kier alpha value is -1.32. The highest BCUT2D eigenvalue weighted by atomic mass is 79.9. The van der Waals surface area contributed by atoms with E-state index < -0.39 is 0 Å². The molecule has 2 aromatic carbocycles. The van der Waals surface area contributed by atoms with Gasteiger partial charge in [-0.3, -0.25) is 4.79 Å². The first kappa shape index (κ1) is 13.1. The second-order valence-corrected chi connectivity index (χ2v) is 5.18. The average molecular weight is 325 g/mol. The summed E-state index contributed by atoms with van der Waals surface area (Å²) in [5.41, 5.74) is 2.26. The number of aryl methyl sites for hydroxylation is 1. The van der Waals surface area contributed by atoms with Gasteiger partial charge in [-0.15, -0.1) is 0 Å². The zero-order chi connectivity index (χ0) is 13.1. The van der Waals surface area contributed by atoms with Crippen molar-refractivity contribution in [3.05, 3.63) is 63.1 Å². The van der Waals surface area contributed by atoms with Gasteiger partial charge in [0.05, 0.1) is 5.69 Å². The molecule has 0 bridgehead atoms. The van der Waals surface area contributed by atoms with E-state index in [-0.39, 0.29) is 5.91 Å². The SMILES string of the molecule is Cc1ccccc1C(=O)Nc1cc(Cl)ccc1Br. The maximum atomic E-state index is 12.1. The van der Waals surface area contributed by atoms with Gasteiger partial charge in [0.25, 0.3) is 5.91 Å². The van der Waals surface area contributed by atoms with Gasteiger partial charge in [-0.1, -0.05) is 29.8 Å². The summed E-state index contributed by atoms with van der Waals surface area (Å²) in [6.07, 6.45) is 0. The predicted octanol–water partition coefficient (Wildman–Crippen LogP) is 4.66. The molecule has 0 saturated carbocycles. The van der Waals surface area contributed by atoms with Crippen molar-refractivity contribution in [2.75, 3.05) is 5.32 Å². The van der Waals surface area contributed by atoms with Crippen LogP contribution in [-0.4, -0.2) is 5.91 Å². The molecule has 92 valence electrons. The van der Waals surface area contributed by atoms with Crippen molar-refractivity contribution in [1.29, 1.82) is 0 Å². The van der Waals surface area contributed by atoms with E-state index in [9.17, 15) is 4.79 Å². The van der Waals surface area contributed by atoms with E-state index in [1.54, 1.807) is 24.3 Å². The highest BCUT2D eigenvalue weighted by molar-refractivity contribution is 9.10. The summed E-state index contributed by atoms with van der Waals surface area (Å²) in [5, 5.41) is 3.42. The number of hydrogen-bond acceptors (Lipinski definition) is 1. The first-order valence-corrected chi connectivity index (χ1v) is 6.57. The van der Waals surface area contributed by atoms with Crippen LogP contribution in [0.25, 0.3) is 0 Å². The molecule has 2 rings (SSSR count). The largest absolute Gasteiger partial charge is 0.321 e. The maximum absolute atomic E-state index is 12.1. The lowest BCUT2D eigenvalue weighted by atomic mass is 10.1. The summed E-state index contributed by atoms with van der Waals surface area (Å²) in [4.78, 5) is 12.1. The summed E-state index contributed by atoms with van der Waals surface area (Å²) in [5.74, 6) is -0.143. The predicted molar refractivity (Wildman–Crippen MR) is 78.3 cm³/mol. The lowest BCUT2D eigenvalue weighted by molar-refractivity contribution is 0.102. The Kier molecular flexibility index (Phi) is 4.04. The standard InChI is InChI=1S/C14H11BrClNO/c1-9-4-2-3-5-11(9)14(18)17-13-8-10(16)6-7-12(13)15/h2-8H,1H3,(H,17,18). The molecule has 4 heteroatoms. The molecular weight excluding hydrogens is 314 g/mol. The Morgan fingerprint density at radius 2 is 1.94 bits per heavy atom. The number of carbonyl (C=O) groups excluding carboxylic acids is 1. The quantitative estimate of drug-likeness (QED) is 0.855. The van der Waals surface area contributed by atoms with E-state index in [1.165, 1.54) is 0 Å². The number of hydrogen-bond donors (Lipinski definition) is 1. The zero-order valence-corrected chi connectivity index (χ0v) is 12.0. The fraction of sp³-hybridized carbons (Fsp3) is 0.0714. The second kappa shape index (κ2) is 5.55. The number of carbonyl (C=O) groups is 1. The molecule has 0 aliphatic carbocycles. The monoisotopic (exact) mass is 323 g/mol. The molecule has 0 saturated heterocycles. The molecule has 0 fully saturated rings. The van der Waals surface area contributed by atoms with Crippen molar-refractivity contribution in [1.82, 2.24) is 0 Å². The summed E-state index contributed by atoms with van der Waals surface area (Å²) < 4.78 is 0.800. The minimum absolute atomic E-state index is 0.143. The van der Waals surface area contributed by atoms with Crippen LogP contribution in [0.15, 0.2) is 46.9 Å². The highest BCUT2D eigenvalue weighted by Crippen LogP contribution is 2.26. The van der Waals surface area contributed by atoms with E-state index in [0.717, 1.165) is 10.0 Å². The lowest BCUT2D eigenvalue weighted by Gasteiger charge is -2.09.